The molecular weight excluding hydrogens is 218 g/mol. The molecule has 0 radical (unpaired) electrons. The molecule has 0 heterocycles. The quantitative estimate of drug-likeness (QED) is 0.371. The Bertz CT molecular complexity index is 84.6. The molecule has 0 saturated heterocycles. The van der Waals surface area contributed by atoms with Gasteiger partial charge < -0.3 is 26.2 Å². The van der Waals surface area contributed by atoms with Crippen LogP contribution in [0.15, 0.2) is 0 Å². The summed E-state index contributed by atoms with van der Waals surface area (Å²) >= 11 is 0. The molecule has 70 valence electrons. The zero-order chi connectivity index (χ0) is 8.15. The minimum Gasteiger partial charge on any atom is -0.394 e. The second-order valence-corrected chi connectivity index (χ2v) is 2.04. The Balaban J connectivity index is 0. The summed E-state index contributed by atoms with van der Waals surface area (Å²) in [5, 5.41) is 34.6. The van der Waals surface area contributed by atoms with Crippen molar-refractivity contribution >= 4 is 17.0 Å². The molecule has 6 heteroatoms. The van der Waals surface area contributed by atoms with Crippen LogP contribution in [0.25, 0.3) is 0 Å². The molecule has 0 aliphatic carbocycles. The molecule has 0 aliphatic heterocycles. The second kappa shape index (κ2) is 6.96. The number of rotatable bonds is 4. The van der Waals surface area contributed by atoms with E-state index in [1.807, 2.05) is 0 Å². The standard InChI is InChI=1S/C5H13NO4.BrH/c6-1-3(8)5(10)4(9)2-7;/h3-5,7-10H,1-2,6H2;1H/t3-,4+,5-;/m0./s1. The van der Waals surface area contributed by atoms with Crippen LogP contribution in [0, 0.1) is 0 Å². The molecular formula is C5H14BrNO4. The first-order valence-corrected chi connectivity index (χ1v) is 2.98. The topological polar surface area (TPSA) is 107 Å². The van der Waals surface area contributed by atoms with Gasteiger partial charge in [-0.3, -0.25) is 0 Å². The summed E-state index contributed by atoms with van der Waals surface area (Å²) in [4.78, 5) is 0. The first-order chi connectivity index (χ1) is 4.63. The SMILES string of the molecule is Br.NC[C@H](O)[C@H](O)[C@H](O)CO. The van der Waals surface area contributed by atoms with Gasteiger partial charge >= 0.3 is 0 Å². The Hall–Kier alpha value is 0.280. The number of halogens is 1. The van der Waals surface area contributed by atoms with E-state index >= 15 is 0 Å². The maximum Gasteiger partial charge on any atom is 0.109 e. The molecule has 0 amide bonds. The van der Waals surface area contributed by atoms with Crippen molar-refractivity contribution in [3.8, 4) is 0 Å². The number of hydrogen-bond donors (Lipinski definition) is 5. The highest BCUT2D eigenvalue weighted by Crippen LogP contribution is 1.97. The van der Waals surface area contributed by atoms with Crippen molar-refractivity contribution in [2.75, 3.05) is 13.2 Å². The largest absolute Gasteiger partial charge is 0.394 e. The van der Waals surface area contributed by atoms with Gasteiger partial charge in [-0.15, -0.1) is 17.0 Å². The third kappa shape index (κ3) is 4.67. The lowest BCUT2D eigenvalue weighted by Gasteiger charge is -2.19. The molecule has 0 rings (SSSR count). The minimum atomic E-state index is -1.37. The molecule has 0 aliphatic rings. The monoisotopic (exact) mass is 231 g/mol. The van der Waals surface area contributed by atoms with Crippen molar-refractivity contribution in [3.63, 3.8) is 0 Å². The smallest absolute Gasteiger partial charge is 0.109 e. The minimum absolute atomic E-state index is 0. The Labute approximate surface area is 75.2 Å². The number of hydrogen-bond acceptors (Lipinski definition) is 5. The van der Waals surface area contributed by atoms with Crippen LogP contribution >= 0.6 is 17.0 Å². The molecule has 6 N–H and O–H groups in total. The van der Waals surface area contributed by atoms with Crippen LogP contribution in [0.2, 0.25) is 0 Å². The van der Waals surface area contributed by atoms with Gasteiger partial charge in [-0.25, -0.2) is 0 Å². The summed E-state index contributed by atoms with van der Waals surface area (Å²) in [5.41, 5.74) is 4.96. The van der Waals surface area contributed by atoms with Gasteiger partial charge in [0.05, 0.1) is 12.7 Å². The first-order valence-electron chi connectivity index (χ1n) is 2.98. The van der Waals surface area contributed by atoms with E-state index in [0.717, 1.165) is 0 Å². The summed E-state index contributed by atoms with van der Waals surface area (Å²) in [6.45, 7) is -0.726. The van der Waals surface area contributed by atoms with Gasteiger partial charge in [0.15, 0.2) is 0 Å². The van der Waals surface area contributed by atoms with Crippen molar-refractivity contribution < 1.29 is 20.4 Å². The van der Waals surface area contributed by atoms with Gasteiger partial charge in [-0.2, -0.15) is 0 Å². The van der Waals surface area contributed by atoms with Crippen LogP contribution in [0.4, 0.5) is 0 Å². The molecule has 0 aromatic rings. The number of aliphatic hydroxyl groups excluding tert-OH is 4. The summed E-state index contributed by atoms with van der Waals surface area (Å²) < 4.78 is 0. The molecule has 0 saturated carbocycles. The van der Waals surface area contributed by atoms with E-state index in [2.05, 4.69) is 0 Å². The Morgan fingerprint density at radius 1 is 1.09 bits per heavy atom. The summed E-state index contributed by atoms with van der Waals surface area (Å²) in [6.07, 6.45) is -3.87. The van der Waals surface area contributed by atoms with Crippen LogP contribution in [0.5, 0.6) is 0 Å². The van der Waals surface area contributed by atoms with Gasteiger partial charge in [0.1, 0.15) is 12.2 Å². The van der Waals surface area contributed by atoms with Crippen LogP contribution in [0.3, 0.4) is 0 Å². The lowest BCUT2D eigenvalue weighted by atomic mass is 10.1. The van der Waals surface area contributed by atoms with Crippen LogP contribution in [-0.2, 0) is 0 Å². The van der Waals surface area contributed by atoms with Crippen molar-refractivity contribution in [2.45, 2.75) is 18.3 Å². The predicted molar refractivity (Wildman–Crippen MR) is 44.5 cm³/mol. The van der Waals surface area contributed by atoms with Crippen molar-refractivity contribution in [1.29, 1.82) is 0 Å². The zero-order valence-electron chi connectivity index (χ0n) is 5.92. The molecule has 11 heavy (non-hydrogen) atoms. The van der Waals surface area contributed by atoms with Gasteiger partial charge in [0.2, 0.25) is 0 Å². The molecule has 5 nitrogen and oxygen atoms in total. The van der Waals surface area contributed by atoms with E-state index in [9.17, 15) is 0 Å². The van der Waals surface area contributed by atoms with Crippen molar-refractivity contribution in [2.24, 2.45) is 5.73 Å². The molecule has 3 atom stereocenters. The fourth-order valence-corrected chi connectivity index (χ4v) is 0.504. The van der Waals surface area contributed by atoms with Gasteiger partial charge in [0.25, 0.3) is 0 Å². The molecule has 0 aromatic heterocycles. The summed E-state index contributed by atoms with van der Waals surface area (Å²) in [7, 11) is 0. The number of nitrogens with two attached hydrogens (primary N) is 1. The van der Waals surface area contributed by atoms with E-state index < -0.39 is 24.9 Å². The maximum atomic E-state index is 8.85. The van der Waals surface area contributed by atoms with Gasteiger partial charge in [-0.1, -0.05) is 0 Å². The van der Waals surface area contributed by atoms with E-state index in [1.165, 1.54) is 0 Å². The van der Waals surface area contributed by atoms with Gasteiger partial charge in [0, 0.05) is 6.54 Å². The molecule has 0 unspecified atom stereocenters. The fraction of sp³-hybridized carbons (Fsp3) is 1.00. The van der Waals surface area contributed by atoms with E-state index in [1.54, 1.807) is 0 Å². The second-order valence-electron chi connectivity index (χ2n) is 2.04. The van der Waals surface area contributed by atoms with Gasteiger partial charge in [-0.05, 0) is 0 Å². The average Bonchev–Trinajstić information content (AvgIpc) is 2.00. The average molecular weight is 232 g/mol. The Morgan fingerprint density at radius 3 is 1.82 bits per heavy atom. The highest BCUT2D eigenvalue weighted by Gasteiger charge is 2.22. The van der Waals surface area contributed by atoms with E-state index in [4.69, 9.17) is 26.2 Å². The maximum absolute atomic E-state index is 8.85. The Kier molecular flexibility index (Phi) is 8.76. The predicted octanol–water partition coefficient (Wildman–Crippen LogP) is -2.40. The lowest BCUT2D eigenvalue weighted by Crippen LogP contribution is -2.43. The zero-order valence-corrected chi connectivity index (χ0v) is 7.63. The fourth-order valence-electron chi connectivity index (χ4n) is 0.504. The highest BCUT2D eigenvalue weighted by atomic mass is 79.9. The molecule has 0 aromatic carbocycles. The van der Waals surface area contributed by atoms with E-state index in [-0.39, 0.29) is 23.5 Å². The summed E-state index contributed by atoms with van der Waals surface area (Å²) in [5.74, 6) is 0. The lowest BCUT2D eigenvalue weighted by molar-refractivity contribution is -0.0727. The molecule has 0 fully saturated rings. The van der Waals surface area contributed by atoms with Crippen LogP contribution in [0.1, 0.15) is 0 Å². The first kappa shape index (κ1) is 13.8. The van der Waals surface area contributed by atoms with E-state index in [0.29, 0.717) is 0 Å². The highest BCUT2D eigenvalue weighted by molar-refractivity contribution is 8.93. The summed E-state index contributed by atoms with van der Waals surface area (Å²) in [6, 6.07) is 0. The van der Waals surface area contributed by atoms with Crippen LogP contribution in [-0.4, -0.2) is 51.9 Å². The molecule has 0 bridgehead atoms. The third-order valence-electron chi connectivity index (χ3n) is 1.22. The van der Waals surface area contributed by atoms with Crippen LogP contribution < -0.4 is 5.73 Å². The number of aliphatic hydroxyl groups is 4. The molecule has 0 spiro atoms. The Morgan fingerprint density at radius 2 is 1.55 bits per heavy atom. The normalized spacial score (nSPS) is 18.3. The third-order valence-corrected chi connectivity index (χ3v) is 1.22. The van der Waals surface area contributed by atoms with Crippen molar-refractivity contribution in [3.05, 3.63) is 0 Å². The van der Waals surface area contributed by atoms with Crippen molar-refractivity contribution in [1.82, 2.24) is 0 Å².